The summed E-state index contributed by atoms with van der Waals surface area (Å²) < 4.78 is 15.6. The summed E-state index contributed by atoms with van der Waals surface area (Å²) in [6, 6.07) is 7.26. The van der Waals surface area contributed by atoms with E-state index in [-0.39, 0.29) is 17.2 Å². The maximum Gasteiger partial charge on any atom is 0.342 e. The largest absolute Gasteiger partial charge is 0.508 e. The number of benzene rings is 2. The molecular formula is C20H21NO7. The highest BCUT2D eigenvalue weighted by molar-refractivity contribution is 5.94. The maximum absolute atomic E-state index is 12.5. The molecule has 148 valence electrons. The minimum absolute atomic E-state index is 0.119. The van der Waals surface area contributed by atoms with Gasteiger partial charge < -0.3 is 29.3 Å². The van der Waals surface area contributed by atoms with Gasteiger partial charge in [0.1, 0.15) is 17.1 Å². The van der Waals surface area contributed by atoms with Crippen LogP contribution in [0, 0.1) is 0 Å². The van der Waals surface area contributed by atoms with E-state index in [0.717, 1.165) is 17.2 Å². The molecule has 0 saturated carbocycles. The van der Waals surface area contributed by atoms with E-state index in [1.807, 2.05) is 12.1 Å². The van der Waals surface area contributed by atoms with Crippen LogP contribution in [0.1, 0.15) is 21.5 Å². The van der Waals surface area contributed by atoms with E-state index in [9.17, 15) is 19.8 Å². The molecule has 0 atom stereocenters. The lowest BCUT2D eigenvalue weighted by Crippen LogP contribution is -2.38. The third-order valence-corrected chi connectivity index (χ3v) is 4.60. The Kier molecular flexibility index (Phi) is 5.58. The molecule has 1 heterocycles. The zero-order valence-electron chi connectivity index (χ0n) is 15.6. The Hall–Kier alpha value is -3.42. The molecule has 2 aromatic carbocycles. The molecule has 0 aliphatic carbocycles. The highest BCUT2D eigenvalue weighted by Crippen LogP contribution is 2.33. The van der Waals surface area contributed by atoms with E-state index in [2.05, 4.69) is 0 Å². The van der Waals surface area contributed by atoms with Gasteiger partial charge in [0, 0.05) is 19.2 Å². The van der Waals surface area contributed by atoms with Crippen molar-refractivity contribution < 1.29 is 34.0 Å². The zero-order chi connectivity index (χ0) is 20.3. The van der Waals surface area contributed by atoms with Crippen molar-refractivity contribution in [2.24, 2.45) is 0 Å². The minimum Gasteiger partial charge on any atom is -0.508 e. The van der Waals surface area contributed by atoms with Gasteiger partial charge in [-0.25, -0.2) is 4.79 Å². The van der Waals surface area contributed by atoms with Crippen molar-refractivity contribution in [3.63, 3.8) is 0 Å². The SMILES string of the molecule is COc1cc2c(cc1OC)CN(C(=O)COC(=O)c1ccc(O)cc1O)CC2. The van der Waals surface area contributed by atoms with Gasteiger partial charge in [-0.15, -0.1) is 0 Å². The molecule has 1 amide bonds. The van der Waals surface area contributed by atoms with Gasteiger partial charge in [-0.1, -0.05) is 0 Å². The first-order valence-corrected chi connectivity index (χ1v) is 8.63. The van der Waals surface area contributed by atoms with Crippen LogP contribution >= 0.6 is 0 Å². The first kappa shape index (κ1) is 19.3. The predicted molar refractivity (Wildman–Crippen MR) is 98.7 cm³/mol. The summed E-state index contributed by atoms with van der Waals surface area (Å²) in [4.78, 5) is 26.1. The smallest absolute Gasteiger partial charge is 0.342 e. The van der Waals surface area contributed by atoms with Crippen LogP contribution in [-0.2, 0) is 22.5 Å². The molecule has 3 rings (SSSR count). The average Bonchev–Trinajstić information content (AvgIpc) is 2.70. The summed E-state index contributed by atoms with van der Waals surface area (Å²) in [5, 5.41) is 19.0. The molecule has 8 nitrogen and oxygen atoms in total. The van der Waals surface area contributed by atoms with Crippen LogP contribution in [0.15, 0.2) is 30.3 Å². The quantitative estimate of drug-likeness (QED) is 0.755. The second-order valence-corrected chi connectivity index (χ2v) is 6.32. The lowest BCUT2D eigenvalue weighted by atomic mass is 9.99. The number of esters is 1. The lowest BCUT2D eigenvalue weighted by molar-refractivity contribution is -0.135. The Labute approximate surface area is 161 Å². The number of aromatic hydroxyl groups is 2. The van der Waals surface area contributed by atoms with Gasteiger partial charge in [0.25, 0.3) is 5.91 Å². The maximum atomic E-state index is 12.5. The van der Waals surface area contributed by atoms with Crippen molar-refractivity contribution in [1.29, 1.82) is 0 Å². The predicted octanol–water partition coefficient (Wildman–Crippen LogP) is 1.86. The van der Waals surface area contributed by atoms with Crippen molar-refractivity contribution in [2.45, 2.75) is 13.0 Å². The Morgan fingerprint density at radius 2 is 1.71 bits per heavy atom. The molecule has 0 saturated heterocycles. The molecule has 1 aliphatic heterocycles. The molecule has 0 aromatic heterocycles. The molecule has 0 unspecified atom stereocenters. The van der Waals surface area contributed by atoms with Gasteiger partial charge in [0.2, 0.25) is 0 Å². The van der Waals surface area contributed by atoms with E-state index >= 15 is 0 Å². The van der Waals surface area contributed by atoms with Gasteiger partial charge in [-0.05, 0) is 41.8 Å². The molecule has 28 heavy (non-hydrogen) atoms. The second-order valence-electron chi connectivity index (χ2n) is 6.32. The summed E-state index contributed by atoms with van der Waals surface area (Å²) in [7, 11) is 3.12. The molecule has 0 spiro atoms. The number of ether oxygens (including phenoxy) is 3. The van der Waals surface area contributed by atoms with Crippen molar-refractivity contribution >= 4 is 11.9 Å². The number of hydrogen-bond donors (Lipinski definition) is 2. The Morgan fingerprint density at radius 1 is 1.04 bits per heavy atom. The molecular weight excluding hydrogens is 366 g/mol. The first-order valence-electron chi connectivity index (χ1n) is 8.63. The van der Waals surface area contributed by atoms with E-state index in [1.54, 1.807) is 19.1 Å². The number of amides is 1. The van der Waals surface area contributed by atoms with Crippen LogP contribution in [0.5, 0.6) is 23.0 Å². The van der Waals surface area contributed by atoms with Crippen LogP contribution in [0.3, 0.4) is 0 Å². The van der Waals surface area contributed by atoms with Crippen LogP contribution in [0.25, 0.3) is 0 Å². The summed E-state index contributed by atoms with van der Waals surface area (Å²) in [5.41, 5.74) is 1.90. The van der Waals surface area contributed by atoms with E-state index in [4.69, 9.17) is 14.2 Å². The summed E-state index contributed by atoms with van der Waals surface area (Å²) in [5.74, 6) is -0.537. The lowest BCUT2D eigenvalue weighted by Gasteiger charge is -2.29. The van der Waals surface area contributed by atoms with E-state index in [1.165, 1.54) is 12.1 Å². The average molecular weight is 387 g/mol. The standard InChI is InChI=1S/C20H21NO7/c1-26-17-7-12-5-6-21(10-13(12)8-18(17)27-2)19(24)11-28-20(25)15-4-3-14(22)9-16(15)23/h3-4,7-9,22-23H,5-6,10-11H2,1-2H3. The first-order chi connectivity index (χ1) is 13.4. The summed E-state index contributed by atoms with van der Waals surface area (Å²) in [6.07, 6.45) is 0.647. The number of nitrogens with zero attached hydrogens (tertiary/aromatic N) is 1. The number of carbonyl (C=O) groups excluding carboxylic acids is 2. The Bertz CT molecular complexity index is 910. The van der Waals surface area contributed by atoms with Gasteiger partial charge in [0.05, 0.1) is 14.2 Å². The molecule has 2 aromatic rings. The fourth-order valence-corrected chi connectivity index (χ4v) is 3.09. The van der Waals surface area contributed by atoms with Crippen molar-refractivity contribution in [1.82, 2.24) is 4.90 Å². The van der Waals surface area contributed by atoms with Gasteiger partial charge >= 0.3 is 5.97 Å². The van der Waals surface area contributed by atoms with E-state index < -0.39 is 18.3 Å². The van der Waals surface area contributed by atoms with Crippen LogP contribution in [0.4, 0.5) is 0 Å². The van der Waals surface area contributed by atoms with Gasteiger partial charge in [0.15, 0.2) is 18.1 Å². The number of fused-ring (bicyclic) bond motifs is 1. The number of methoxy groups -OCH3 is 2. The number of phenolic OH excluding ortho intramolecular Hbond substituents is 2. The second kappa shape index (κ2) is 8.08. The Morgan fingerprint density at radius 3 is 2.36 bits per heavy atom. The fraction of sp³-hybridized carbons (Fsp3) is 0.300. The van der Waals surface area contributed by atoms with Crippen molar-refractivity contribution in [2.75, 3.05) is 27.4 Å². The summed E-state index contributed by atoms with van der Waals surface area (Å²) in [6.45, 7) is 0.418. The van der Waals surface area contributed by atoms with Gasteiger partial charge in [-0.2, -0.15) is 0 Å². The zero-order valence-corrected chi connectivity index (χ0v) is 15.6. The van der Waals surface area contributed by atoms with Crippen molar-refractivity contribution in [3.05, 3.63) is 47.0 Å². The molecule has 8 heteroatoms. The monoisotopic (exact) mass is 387 g/mol. The Balaban J connectivity index is 1.64. The number of rotatable bonds is 5. The van der Waals surface area contributed by atoms with E-state index in [0.29, 0.717) is 31.0 Å². The molecule has 0 bridgehead atoms. The normalized spacial score (nSPS) is 12.9. The number of carbonyl (C=O) groups is 2. The fourth-order valence-electron chi connectivity index (χ4n) is 3.09. The van der Waals surface area contributed by atoms with Crippen LogP contribution in [-0.4, -0.2) is 54.4 Å². The molecule has 1 aliphatic rings. The molecule has 0 radical (unpaired) electrons. The van der Waals surface area contributed by atoms with Crippen LogP contribution < -0.4 is 9.47 Å². The van der Waals surface area contributed by atoms with Crippen LogP contribution in [0.2, 0.25) is 0 Å². The topological polar surface area (TPSA) is 106 Å². The molecule has 0 fully saturated rings. The highest BCUT2D eigenvalue weighted by atomic mass is 16.5. The van der Waals surface area contributed by atoms with Gasteiger partial charge in [-0.3, -0.25) is 4.79 Å². The third-order valence-electron chi connectivity index (χ3n) is 4.60. The number of hydrogen-bond acceptors (Lipinski definition) is 7. The summed E-state index contributed by atoms with van der Waals surface area (Å²) >= 11 is 0. The molecule has 2 N–H and O–H groups in total. The number of phenols is 2. The highest BCUT2D eigenvalue weighted by Gasteiger charge is 2.24. The minimum atomic E-state index is -0.838. The van der Waals surface area contributed by atoms with Crippen molar-refractivity contribution in [3.8, 4) is 23.0 Å². The third kappa shape index (κ3) is 3.95.